The highest BCUT2D eigenvalue weighted by Gasteiger charge is 2.11. The lowest BCUT2D eigenvalue weighted by atomic mass is 10.5. The van der Waals surface area contributed by atoms with Gasteiger partial charge in [0.1, 0.15) is 0 Å². The fourth-order valence-corrected chi connectivity index (χ4v) is 3.47. The molecule has 1 heterocycles. The third kappa shape index (κ3) is 3.95. The minimum atomic E-state index is 0.163. The van der Waals surface area contributed by atoms with E-state index in [1.807, 2.05) is 25.0 Å². The highest BCUT2D eigenvalue weighted by molar-refractivity contribution is 8.03. The van der Waals surface area contributed by atoms with Crippen LogP contribution in [-0.4, -0.2) is 46.1 Å². The summed E-state index contributed by atoms with van der Waals surface area (Å²) in [6.45, 7) is 5.51. The van der Waals surface area contributed by atoms with E-state index >= 15 is 0 Å². The Labute approximate surface area is 108 Å². The van der Waals surface area contributed by atoms with E-state index in [2.05, 4.69) is 10.2 Å². The summed E-state index contributed by atoms with van der Waals surface area (Å²) in [5.41, 5.74) is 0. The van der Waals surface area contributed by atoms with Gasteiger partial charge in [0.25, 0.3) is 0 Å². The van der Waals surface area contributed by atoms with Crippen LogP contribution in [0.2, 0.25) is 0 Å². The maximum Gasteiger partial charge on any atom is 0.233 e. The van der Waals surface area contributed by atoms with Gasteiger partial charge in [0.05, 0.1) is 5.75 Å². The van der Waals surface area contributed by atoms with Crippen molar-refractivity contribution < 1.29 is 4.79 Å². The Morgan fingerprint density at radius 2 is 1.94 bits per heavy atom. The largest absolute Gasteiger partial charge is 0.343 e. The first kappa shape index (κ1) is 13.8. The Hall–Kier alpha value is -0.270. The van der Waals surface area contributed by atoms with Crippen molar-refractivity contribution in [1.29, 1.82) is 0 Å². The molecule has 0 unspecified atom stereocenters. The van der Waals surface area contributed by atoms with E-state index in [1.54, 1.807) is 11.8 Å². The van der Waals surface area contributed by atoms with Crippen LogP contribution >= 0.6 is 34.9 Å². The van der Waals surface area contributed by atoms with Crippen molar-refractivity contribution in [1.82, 2.24) is 15.1 Å². The minimum Gasteiger partial charge on any atom is -0.343 e. The van der Waals surface area contributed by atoms with Crippen molar-refractivity contribution in [2.45, 2.75) is 22.5 Å². The summed E-state index contributed by atoms with van der Waals surface area (Å²) >= 11 is 4.57. The van der Waals surface area contributed by atoms with Gasteiger partial charge >= 0.3 is 0 Å². The number of carbonyl (C=O) groups excluding carboxylic acids is 1. The fraction of sp³-hybridized carbons (Fsp3) is 0.667. The van der Waals surface area contributed by atoms with Gasteiger partial charge in [-0.3, -0.25) is 4.79 Å². The second-order valence-electron chi connectivity index (χ2n) is 2.89. The van der Waals surface area contributed by atoms with Gasteiger partial charge in [0.2, 0.25) is 5.91 Å². The number of nitrogens with zero attached hydrogens (tertiary/aromatic N) is 3. The number of rotatable bonds is 6. The number of hydrogen-bond donors (Lipinski definition) is 0. The second-order valence-corrected chi connectivity index (χ2v) is 6.15. The van der Waals surface area contributed by atoms with Gasteiger partial charge in [-0.05, 0) is 20.1 Å². The average molecular weight is 277 g/mol. The van der Waals surface area contributed by atoms with E-state index in [0.29, 0.717) is 5.75 Å². The van der Waals surface area contributed by atoms with Crippen LogP contribution in [0.1, 0.15) is 13.8 Å². The highest BCUT2D eigenvalue weighted by Crippen LogP contribution is 2.27. The maximum atomic E-state index is 11.7. The second kappa shape index (κ2) is 7.13. The van der Waals surface area contributed by atoms with Gasteiger partial charge in [0, 0.05) is 13.1 Å². The summed E-state index contributed by atoms with van der Waals surface area (Å²) in [5, 5.41) is 7.99. The van der Waals surface area contributed by atoms with Crippen LogP contribution < -0.4 is 0 Å². The van der Waals surface area contributed by atoms with Crippen molar-refractivity contribution in [2.75, 3.05) is 25.1 Å². The van der Waals surface area contributed by atoms with Crippen LogP contribution in [0, 0.1) is 0 Å². The molecule has 4 nitrogen and oxygen atoms in total. The summed E-state index contributed by atoms with van der Waals surface area (Å²) < 4.78 is 1.81. The third-order valence-corrected chi connectivity index (χ3v) is 5.01. The van der Waals surface area contributed by atoms with Gasteiger partial charge in [-0.25, -0.2) is 0 Å². The lowest BCUT2D eigenvalue weighted by Crippen LogP contribution is -2.31. The first-order valence-corrected chi connectivity index (χ1v) is 8.02. The molecule has 0 atom stereocenters. The molecule has 0 aromatic carbocycles. The van der Waals surface area contributed by atoms with Crippen LogP contribution in [0.5, 0.6) is 0 Å². The molecule has 16 heavy (non-hydrogen) atoms. The zero-order valence-electron chi connectivity index (χ0n) is 9.60. The molecule has 0 fully saturated rings. The molecule has 0 bridgehead atoms. The SMILES string of the molecule is CCN(CC)C(=O)CSc1nnc(SC)s1. The number of thioether (sulfide) groups is 2. The smallest absolute Gasteiger partial charge is 0.233 e. The molecule has 90 valence electrons. The molecule has 1 aromatic heterocycles. The van der Waals surface area contributed by atoms with Gasteiger partial charge in [0.15, 0.2) is 8.68 Å². The molecular formula is C9H15N3OS3. The Bertz CT molecular complexity index is 338. The van der Waals surface area contributed by atoms with E-state index in [-0.39, 0.29) is 5.91 Å². The predicted octanol–water partition coefficient (Wildman–Crippen LogP) is 2.22. The van der Waals surface area contributed by atoms with Crippen LogP contribution in [0.3, 0.4) is 0 Å². The molecule has 0 saturated carbocycles. The standard InChI is InChI=1S/C9H15N3OS3/c1-4-12(5-2)7(13)6-15-9-11-10-8(14-3)16-9/h4-6H2,1-3H3. The van der Waals surface area contributed by atoms with E-state index in [0.717, 1.165) is 21.8 Å². The topological polar surface area (TPSA) is 46.1 Å². The molecule has 1 amide bonds. The molecular weight excluding hydrogens is 262 g/mol. The van der Waals surface area contributed by atoms with Crippen LogP contribution in [0.15, 0.2) is 8.68 Å². The molecule has 0 aliphatic rings. The van der Waals surface area contributed by atoms with Gasteiger partial charge in [-0.1, -0.05) is 34.9 Å². The number of hydrogen-bond acceptors (Lipinski definition) is 6. The first-order chi connectivity index (χ1) is 7.71. The molecule has 0 aliphatic carbocycles. The molecule has 7 heteroatoms. The Morgan fingerprint density at radius 3 is 2.44 bits per heavy atom. The normalized spacial score (nSPS) is 10.4. The fourth-order valence-electron chi connectivity index (χ4n) is 1.13. The number of aromatic nitrogens is 2. The quantitative estimate of drug-likeness (QED) is 0.746. The zero-order valence-corrected chi connectivity index (χ0v) is 12.0. The molecule has 0 N–H and O–H groups in total. The molecule has 0 saturated heterocycles. The van der Waals surface area contributed by atoms with Crippen molar-refractivity contribution >= 4 is 40.8 Å². The Kier molecular flexibility index (Phi) is 6.15. The van der Waals surface area contributed by atoms with Crippen molar-refractivity contribution in [3.8, 4) is 0 Å². The average Bonchev–Trinajstić information content (AvgIpc) is 2.76. The third-order valence-electron chi connectivity index (χ3n) is 2.00. The lowest BCUT2D eigenvalue weighted by molar-refractivity contribution is -0.127. The van der Waals surface area contributed by atoms with E-state index in [1.165, 1.54) is 23.1 Å². The minimum absolute atomic E-state index is 0.163. The first-order valence-electron chi connectivity index (χ1n) is 4.99. The summed E-state index contributed by atoms with van der Waals surface area (Å²) in [6.07, 6.45) is 1.97. The van der Waals surface area contributed by atoms with Crippen molar-refractivity contribution in [3.05, 3.63) is 0 Å². The Morgan fingerprint density at radius 1 is 1.31 bits per heavy atom. The summed E-state index contributed by atoms with van der Waals surface area (Å²) in [4.78, 5) is 13.5. The van der Waals surface area contributed by atoms with Crippen LogP contribution in [-0.2, 0) is 4.79 Å². The van der Waals surface area contributed by atoms with Crippen LogP contribution in [0.4, 0.5) is 0 Å². The maximum absolute atomic E-state index is 11.7. The van der Waals surface area contributed by atoms with E-state index < -0.39 is 0 Å². The van der Waals surface area contributed by atoms with Crippen LogP contribution in [0.25, 0.3) is 0 Å². The summed E-state index contributed by atoms with van der Waals surface area (Å²) in [6, 6.07) is 0. The van der Waals surface area contributed by atoms with E-state index in [9.17, 15) is 4.79 Å². The summed E-state index contributed by atoms with van der Waals surface area (Å²) in [5.74, 6) is 0.612. The molecule has 0 spiro atoms. The predicted molar refractivity (Wildman–Crippen MR) is 70.3 cm³/mol. The molecule has 0 aliphatic heterocycles. The number of amides is 1. The lowest BCUT2D eigenvalue weighted by Gasteiger charge is -2.17. The monoisotopic (exact) mass is 277 g/mol. The molecule has 1 aromatic rings. The van der Waals surface area contributed by atoms with Gasteiger partial charge in [-0.2, -0.15) is 0 Å². The Balaban J connectivity index is 2.41. The molecule has 1 rings (SSSR count). The zero-order chi connectivity index (χ0) is 12.0. The van der Waals surface area contributed by atoms with Gasteiger partial charge in [-0.15, -0.1) is 10.2 Å². The van der Waals surface area contributed by atoms with Crippen molar-refractivity contribution in [2.24, 2.45) is 0 Å². The highest BCUT2D eigenvalue weighted by atomic mass is 32.2. The summed E-state index contributed by atoms with van der Waals surface area (Å²) in [7, 11) is 0. The van der Waals surface area contributed by atoms with E-state index in [4.69, 9.17) is 0 Å². The van der Waals surface area contributed by atoms with Gasteiger partial charge < -0.3 is 4.90 Å². The van der Waals surface area contributed by atoms with Crippen molar-refractivity contribution in [3.63, 3.8) is 0 Å². The number of carbonyl (C=O) groups is 1. The molecule has 0 radical (unpaired) electrons.